The number of aliphatic hydroxyl groups is 1. The SMILES string of the molecule is COc1ccc(-c2ccnc3c(C(=O)N[C@H]4CC[C@H](NC(=O)CO)CC4)c(C)[nH]c23)c(OCC2CC2)c1. The number of carbonyl (C=O) groups excluding carboxylic acids is 2. The number of ether oxygens (including phenoxy) is 2. The Hall–Kier alpha value is -3.59. The molecular formula is C28H34N4O5. The number of aryl methyl sites for hydroxylation is 1. The Bertz CT molecular complexity index is 1290. The second-order valence-corrected chi connectivity index (χ2v) is 10.1. The predicted molar refractivity (Wildman–Crippen MR) is 140 cm³/mol. The Balaban J connectivity index is 1.37. The van der Waals surface area contributed by atoms with Crippen LogP contribution in [0.4, 0.5) is 0 Å². The highest BCUT2D eigenvalue weighted by atomic mass is 16.5. The highest BCUT2D eigenvalue weighted by Gasteiger charge is 2.27. The first kappa shape index (κ1) is 25.1. The first-order valence-corrected chi connectivity index (χ1v) is 13.0. The van der Waals surface area contributed by atoms with Crippen molar-refractivity contribution in [3.8, 4) is 22.6 Å². The molecule has 2 aliphatic carbocycles. The van der Waals surface area contributed by atoms with Crippen molar-refractivity contribution in [2.45, 2.75) is 57.5 Å². The van der Waals surface area contributed by atoms with E-state index in [2.05, 4.69) is 20.6 Å². The summed E-state index contributed by atoms with van der Waals surface area (Å²) in [6, 6.07) is 7.80. The summed E-state index contributed by atoms with van der Waals surface area (Å²) in [6.07, 6.45) is 7.16. The lowest BCUT2D eigenvalue weighted by Gasteiger charge is -2.29. The van der Waals surface area contributed by atoms with E-state index in [0.717, 1.165) is 59.5 Å². The number of benzene rings is 1. The van der Waals surface area contributed by atoms with Crippen molar-refractivity contribution in [1.82, 2.24) is 20.6 Å². The van der Waals surface area contributed by atoms with Crippen LogP contribution >= 0.6 is 0 Å². The first-order chi connectivity index (χ1) is 18.0. The zero-order valence-corrected chi connectivity index (χ0v) is 21.3. The molecule has 0 radical (unpaired) electrons. The number of aliphatic hydroxyl groups excluding tert-OH is 1. The molecule has 2 aromatic heterocycles. The summed E-state index contributed by atoms with van der Waals surface area (Å²) in [5, 5.41) is 14.9. The van der Waals surface area contributed by atoms with Gasteiger partial charge < -0.3 is 30.2 Å². The molecule has 1 aromatic carbocycles. The van der Waals surface area contributed by atoms with Crippen LogP contribution in [0, 0.1) is 12.8 Å². The molecule has 0 spiro atoms. The third kappa shape index (κ3) is 5.56. The minimum absolute atomic E-state index is 0.0197. The van der Waals surface area contributed by atoms with E-state index in [1.807, 2.05) is 31.2 Å². The highest BCUT2D eigenvalue weighted by molar-refractivity contribution is 6.09. The van der Waals surface area contributed by atoms with Crippen LogP contribution in [-0.2, 0) is 4.79 Å². The van der Waals surface area contributed by atoms with Crippen LogP contribution in [0.15, 0.2) is 30.5 Å². The average Bonchev–Trinajstić information content (AvgIpc) is 3.67. The Kier molecular flexibility index (Phi) is 7.32. The van der Waals surface area contributed by atoms with Crippen LogP contribution in [-0.4, -0.2) is 59.3 Å². The number of aromatic amines is 1. The van der Waals surface area contributed by atoms with Crippen LogP contribution in [0.1, 0.15) is 54.6 Å². The van der Waals surface area contributed by atoms with Gasteiger partial charge in [-0.2, -0.15) is 0 Å². The third-order valence-corrected chi connectivity index (χ3v) is 7.32. The van der Waals surface area contributed by atoms with E-state index in [1.54, 1.807) is 13.3 Å². The number of amides is 2. The molecule has 0 unspecified atom stereocenters. The molecular weight excluding hydrogens is 472 g/mol. The summed E-state index contributed by atoms with van der Waals surface area (Å²) in [4.78, 5) is 32.8. The van der Waals surface area contributed by atoms with E-state index in [-0.39, 0.29) is 23.9 Å². The number of nitrogens with zero attached hydrogens (tertiary/aromatic N) is 1. The molecule has 2 fully saturated rings. The van der Waals surface area contributed by atoms with Gasteiger partial charge in [0.15, 0.2) is 0 Å². The Labute approximate surface area is 216 Å². The maximum atomic E-state index is 13.4. The van der Waals surface area contributed by atoms with Gasteiger partial charge in [-0.05, 0) is 69.6 Å². The maximum Gasteiger partial charge on any atom is 0.255 e. The van der Waals surface area contributed by atoms with E-state index in [0.29, 0.717) is 23.6 Å². The van der Waals surface area contributed by atoms with Crippen molar-refractivity contribution < 1.29 is 24.2 Å². The molecule has 2 amide bonds. The van der Waals surface area contributed by atoms with Gasteiger partial charge in [-0.1, -0.05) is 0 Å². The van der Waals surface area contributed by atoms with Crippen molar-refractivity contribution in [3.63, 3.8) is 0 Å². The number of pyridine rings is 1. The number of hydrogen-bond acceptors (Lipinski definition) is 6. The van der Waals surface area contributed by atoms with Gasteiger partial charge in [-0.25, -0.2) is 0 Å². The summed E-state index contributed by atoms with van der Waals surface area (Å²) in [5.41, 5.74) is 4.56. The van der Waals surface area contributed by atoms with E-state index >= 15 is 0 Å². The Morgan fingerprint density at radius 2 is 1.78 bits per heavy atom. The van der Waals surface area contributed by atoms with Crippen LogP contribution < -0.4 is 20.1 Å². The van der Waals surface area contributed by atoms with E-state index < -0.39 is 6.61 Å². The van der Waals surface area contributed by atoms with Gasteiger partial charge in [-0.3, -0.25) is 14.6 Å². The van der Waals surface area contributed by atoms with E-state index in [4.69, 9.17) is 14.6 Å². The molecule has 2 heterocycles. The maximum absolute atomic E-state index is 13.4. The minimum Gasteiger partial charge on any atom is -0.497 e. The van der Waals surface area contributed by atoms with Gasteiger partial charge in [0.25, 0.3) is 5.91 Å². The van der Waals surface area contributed by atoms with Crippen molar-refractivity contribution in [2.75, 3.05) is 20.3 Å². The molecule has 196 valence electrons. The summed E-state index contributed by atoms with van der Waals surface area (Å²) in [6.45, 7) is 2.06. The Morgan fingerprint density at radius 3 is 2.46 bits per heavy atom. The number of nitrogens with one attached hydrogen (secondary N) is 3. The highest BCUT2D eigenvalue weighted by Crippen LogP contribution is 2.39. The monoisotopic (exact) mass is 506 g/mol. The van der Waals surface area contributed by atoms with Crippen LogP contribution in [0.3, 0.4) is 0 Å². The number of methoxy groups -OCH3 is 1. The summed E-state index contributed by atoms with van der Waals surface area (Å²) >= 11 is 0. The molecule has 0 saturated heterocycles. The van der Waals surface area contributed by atoms with Crippen LogP contribution in [0.5, 0.6) is 11.5 Å². The molecule has 37 heavy (non-hydrogen) atoms. The smallest absolute Gasteiger partial charge is 0.255 e. The molecule has 0 atom stereocenters. The van der Waals surface area contributed by atoms with Crippen molar-refractivity contribution >= 4 is 22.8 Å². The first-order valence-electron chi connectivity index (χ1n) is 13.0. The fraction of sp³-hybridized carbons (Fsp3) is 0.464. The normalized spacial score (nSPS) is 19.4. The summed E-state index contributed by atoms with van der Waals surface area (Å²) < 4.78 is 11.6. The van der Waals surface area contributed by atoms with Gasteiger partial charge in [0, 0.05) is 41.2 Å². The Morgan fingerprint density at radius 1 is 1.05 bits per heavy atom. The van der Waals surface area contributed by atoms with Crippen LogP contribution in [0.2, 0.25) is 0 Å². The zero-order chi connectivity index (χ0) is 25.9. The van der Waals surface area contributed by atoms with Crippen molar-refractivity contribution in [3.05, 3.63) is 41.7 Å². The molecule has 2 aliphatic rings. The second-order valence-electron chi connectivity index (χ2n) is 10.1. The average molecular weight is 507 g/mol. The van der Waals surface area contributed by atoms with Crippen molar-refractivity contribution in [1.29, 1.82) is 0 Å². The lowest BCUT2D eigenvalue weighted by molar-refractivity contribution is -0.124. The standard InChI is InChI=1S/C28H34N4O5/c1-16-25(28(35)32-19-7-5-18(6-8-19)31-24(34)14-33)27-26(30-16)22(11-12-29-27)21-10-9-20(36-2)13-23(21)37-15-17-3-4-17/h9-13,17-19,30,33H,3-8,14-15H2,1-2H3,(H,31,34)(H,32,35)/t18-,19-. The molecule has 5 rings (SSSR count). The molecule has 3 aromatic rings. The minimum atomic E-state index is -0.504. The lowest BCUT2D eigenvalue weighted by atomic mass is 9.91. The van der Waals surface area contributed by atoms with Gasteiger partial charge in [0.05, 0.1) is 24.8 Å². The zero-order valence-electron chi connectivity index (χ0n) is 21.3. The molecule has 4 N–H and O–H groups in total. The van der Waals surface area contributed by atoms with Crippen LogP contribution in [0.25, 0.3) is 22.2 Å². The number of aromatic nitrogens is 2. The molecule has 9 heteroatoms. The quantitative estimate of drug-likeness (QED) is 0.352. The van der Waals surface area contributed by atoms with Gasteiger partial charge in [-0.15, -0.1) is 0 Å². The van der Waals surface area contributed by atoms with E-state index in [9.17, 15) is 9.59 Å². The fourth-order valence-electron chi connectivity index (χ4n) is 5.08. The predicted octanol–water partition coefficient (Wildman–Crippen LogP) is 3.49. The summed E-state index contributed by atoms with van der Waals surface area (Å²) in [5.74, 6) is 1.58. The number of rotatable bonds is 9. The van der Waals surface area contributed by atoms with E-state index in [1.165, 1.54) is 12.8 Å². The van der Waals surface area contributed by atoms with Gasteiger partial charge in [0.1, 0.15) is 23.6 Å². The lowest BCUT2D eigenvalue weighted by Crippen LogP contribution is -2.44. The number of carbonyl (C=O) groups is 2. The van der Waals surface area contributed by atoms with Gasteiger partial charge in [0.2, 0.25) is 5.91 Å². The second kappa shape index (κ2) is 10.8. The fourth-order valence-corrected chi connectivity index (χ4v) is 5.08. The number of hydrogen-bond donors (Lipinski definition) is 4. The molecule has 9 nitrogen and oxygen atoms in total. The molecule has 0 bridgehead atoms. The molecule has 0 aliphatic heterocycles. The number of fused-ring (bicyclic) bond motifs is 1. The number of H-pyrrole nitrogens is 1. The van der Waals surface area contributed by atoms with Crippen molar-refractivity contribution in [2.24, 2.45) is 5.92 Å². The molecule has 2 saturated carbocycles. The summed E-state index contributed by atoms with van der Waals surface area (Å²) in [7, 11) is 1.64. The van der Waals surface area contributed by atoms with Gasteiger partial charge >= 0.3 is 0 Å². The largest absolute Gasteiger partial charge is 0.497 e. The topological polar surface area (TPSA) is 126 Å². The third-order valence-electron chi connectivity index (χ3n) is 7.32.